The number of nitrogens with zero attached hydrogens (tertiary/aromatic N) is 2. The van der Waals surface area contributed by atoms with E-state index in [4.69, 9.17) is 0 Å². The summed E-state index contributed by atoms with van der Waals surface area (Å²) in [6.45, 7) is 1.24. The normalized spacial score (nSPS) is 10.1. The summed E-state index contributed by atoms with van der Waals surface area (Å²) >= 11 is 0. The third-order valence-corrected chi connectivity index (χ3v) is 1.64. The highest BCUT2D eigenvalue weighted by Gasteiger charge is 2.10. The molecule has 0 aliphatic rings. The first-order valence-electron chi connectivity index (χ1n) is 3.99. The number of carbonyl (C=O) groups is 1. The molecule has 1 aromatic heterocycles. The van der Waals surface area contributed by atoms with Crippen molar-refractivity contribution in [2.24, 2.45) is 7.05 Å². The molecule has 72 valence electrons. The molecule has 0 bridgehead atoms. The molecule has 0 fully saturated rings. The fourth-order valence-electron chi connectivity index (χ4n) is 1.08. The first-order valence-corrected chi connectivity index (χ1v) is 3.99. The maximum Gasteiger partial charge on any atom is 0.254 e. The quantitative estimate of drug-likeness (QED) is 0.742. The Bertz CT molecular complexity index is 308. The Hall–Kier alpha value is -1.39. The van der Waals surface area contributed by atoms with Gasteiger partial charge in [0.2, 0.25) is 0 Å². The summed E-state index contributed by atoms with van der Waals surface area (Å²) < 4.78 is 13.3. The molecule has 0 saturated carbocycles. The van der Waals surface area contributed by atoms with Gasteiger partial charge in [-0.3, -0.25) is 9.48 Å². The number of halogens is 1. The minimum atomic E-state index is -0.551. The van der Waals surface area contributed by atoms with E-state index in [0.717, 1.165) is 0 Å². The van der Waals surface area contributed by atoms with Crippen molar-refractivity contribution in [3.8, 4) is 0 Å². The molecule has 0 atom stereocenters. The predicted molar refractivity (Wildman–Crippen MR) is 46.3 cm³/mol. The molecule has 0 radical (unpaired) electrons. The molecular formula is C8H12FN3O. The van der Waals surface area contributed by atoms with Crippen LogP contribution >= 0.6 is 0 Å². The van der Waals surface area contributed by atoms with Crippen LogP contribution in [0, 0.1) is 6.92 Å². The third-order valence-electron chi connectivity index (χ3n) is 1.64. The summed E-state index contributed by atoms with van der Waals surface area (Å²) in [5.74, 6) is -0.275. The number of hydrogen-bond acceptors (Lipinski definition) is 2. The topological polar surface area (TPSA) is 46.9 Å². The third kappa shape index (κ3) is 2.27. The summed E-state index contributed by atoms with van der Waals surface area (Å²) in [7, 11) is 1.74. The number of rotatable bonds is 3. The predicted octanol–water partition coefficient (Wildman–Crippen LogP) is 0.428. The minimum absolute atomic E-state index is 0.0488. The molecule has 0 unspecified atom stereocenters. The highest BCUT2D eigenvalue weighted by Crippen LogP contribution is 2.03. The van der Waals surface area contributed by atoms with Crippen molar-refractivity contribution in [1.29, 1.82) is 0 Å². The van der Waals surface area contributed by atoms with Crippen LogP contribution in [0.5, 0.6) is 0 Å². The Kier molecular flexibility index (Phi) is 3.00. The van der Waals surface area contributed by atoms with Crippen molar-refractivity contribution >= 4 is 5.91 Å². The lowest BCUT2D eigenvalue weighted by atomic mass is 10.2. The highest BCUT2D eigenvalue weighted by molar-refractivity contribution is 5.94. The first-order chi connectivity index (χ1) is 6.15. The number of amides is 1. The highest BCUT2D eigenvalue weighted by atomic mass is 19.1. The van der Waals surface area contributed by atoms with Gasteiger partial charge in [-0.25, -0.2) is 4.39 Å². The molecule has 1 aromatic rings. The Morgan fingerprint density at radius 3 is 2.92 bits per heavy atom. The molecule has 0 saturated heterocycles. The summed E-state index contributed by atoms with van der Waals surface area (Å²) in [4.78, 5) is 11.3. The lowest BCUT2D eigenvalue weighted by molar-refractivity contribution is 0.0950. The van der Waals surface area contributed by atoms with E-state index in [1.807, 2.05) is 0 Å². The molecule has 1 N–H and O–H groups in total. The van der Waals surface area contributed by atoms with Gasteiger partial charge in [0.15, 0.2) is 0 Å². The standard InChI is InChI=1S/C8H12FN3O/c1-6-7(5-12(2)11-6)8(13)10-4-3-9/h5H,3-4H2,1-2H3,(H,10,13). The summed E-state index contributed by atoms with van der Waals surface area (Å²) in [5.41, 5.74) is 1.15. The van der Waals surface area contributed by atoms with Gasteiger partial charge in [0, 0.05) is 19.8 Å². The molecule has 0 aliphatic heterocycles. The van der Waals surface area contributed by atoms with Gasteiger partial charge >= 0.3 is 0 Å². The molecular weight excluding hydrogens is 173 g/mol. The Morgan fingerprint density at radius 1 is 1.77 bits per heavy atom. The van der Waals surface area contributed by atoms with E-state index < -0.39 is 6.67 Å². The first kappa shape index (κ1) is 9.70. The number of carbonyl (C=O) groups excluding carboxylic acids is 1. The zero-order valence-electron chi connectivity index (χ0n) is 7.67. The largest absolute Gasteiger partial charge is 0.349 e. The van der Waals surface area contributed by atoms with E-state index in [9.17, 15) is 9.18 Å². The number of aryl methyl sites for hydroxylation is 2. The summed E-state index contributed by atoms with van der Waals surface area (Å²) in [6.07, 6.45) is 1.61. The smallest absolute Gasteiger partial charge is 0.254 e. The molecule has 1 heterocycles. The molecule has 1 amide bonds. The molecule has 1 rings (SSSR count). The number of hydrogen-bond donors (Lipinski definition) is 1. The van der Waals surface area contributed by atoms with Crippen LogP contribution in [0.25, 0.3) is 0 Å². The van der Waals surface area contributed by atoms with Gasteiger partial charge in [-0.2, -0.15) is 5.10 Å². The van der Waals surface area contributed by atoms with Gasteiger partial charge in [-0.15, -0.1) is 0 Å². The van der Waals surface area contributed by atoms with E-state index in [-0.39, 0.29) is 12.5 Å². The van der Waals surface area contributed by atoms with Crippen molar-refractivity contribution < 1.29 is 9.18 Å². The zero-order valence-corrected chi connectivity index (χ0v) is 7.67. The van der Waals surface area contributed by atoms with Crippen molar-refractivity contribution in [3.63, 3.8) is 0 Å². The van der Waals surface area contributed by atoms with Crippen molar-refractivity contribution in [3.05, 3.63) is 17.5 Å². The van der Waals surface area contributed by atoms with Crippen LogP contribution < -0.4 is 5.32 Å². The average molecular weight is 185 g/mol. The summed E-state index contributed by atoms with van der Waals surface area (Å²) in [5, 5.41) is 6.44. The van der Waals surface area contributed by atoms with Crippen molar-refractivity contribution in [2.45, 2.75) is 6.92 Å². The minimum Gasteiger partial charge on any atom is -0.349 e. The van der Waals surface area contributed by atoms with E-state index in [1.54, 1.807) is 24.9 Å². The molecule has 0 spiro atoms. The number of alkyl halides is 1. The number of nitrogens with one attached hydrogen (secondary N) is 1. The van der Waals surface area contributed by atoms with Gasteiger partial charge < -0.3 is 5.32 Å². The maximum absolute atomic E-state index is 11.7. The van der Waals surface area contributed by atoms with Gasteiger partial charge in [-0.1, -0.05) is 0 Å². The number of aromatic nitrogens is 2. The lowest BCUT2D eigenvalue weighted by Crippen LogP contribution is -2.25. The van der Waals surface area contributed by atoms with Crippen LogP contribution in [0.2, 0.25) is 0 Å². The zero-order chi connectivity index (χ0) is 9.84. The van der Waals surface area contributed by atoms with Crippen LogP contribution in [0.15, 0.2) is 6.20 Å². The Balaban J connectivity index is 2.70. The average Bonchev–Trinajstić information content (AvgIpc) is 2.41. The molecule has 4 nitrogen and oxygen atoms in total. The van der Waals surface area contributed by atoms with E-state index in [0.29, 0.717) is 11.3 Å². The van der Waals surface area contributed by atoms with Gasteiger partial charge in [0.1, 0.15) is 6.67 Å². The molecule has 13 heavy (non-hydrogen) atoms. The lowest BCUT2D eigenvalue weighted by Gasteiger charge is -1.99. The Morgan fingerprint density at radius 2 is 2.46 bits per heavy atom. The van der Waals surface area contributed by atoms with Crippen LogP contribution in [-0.2, 0) is 7.05 Å². The summed E-state index contributed by atoms with van der Waals surface area (Å²) in [6, 6.07) is 0. The maximum atomic E-state index is 11.7. The molecule has 0 aromatic carbocycles. The van der Waals surface area contributed by atoms with E-state index in [2.05, 4.69) is 10.4 Å². The molecule has 5 heteroatoms. The van der Waals surface area contributed by atoms with Gasteiger partial charge in [0.05, 0.1) is 11.3 Å². The second-order valence-corrected chi connectivity index (χ2v) is 2.75. The van der Waals surface area contributed by atoms with Crippen molar-refractivity contribution in [2.75, 3.05) is 13.2 Å². The SMILES string of the molecule is Cc1nn(C)cc1C(=O)NCCF. The second kappa shape index (κ2) is 4.02. The fourth-order valence-corrected chi connectivity index (χ4v) is 1.08. The van der Waals surface area contributed by atoms with Gasteiger partial charge in [-0.05, 0) is 6.92 Å². The van der Waals surface area contributed by atoms with Crippen LogP contribution in [0.3, 0.4) is 0 Å². The van der Waals surface area contributed by atoms with Gasteiger partial charge in [0.25, 0.3) is 5.91 Å². The van der Waals surface area contributed by atoms with Crippen molar-refractivity contribution in [1.82, 2.24) is 15.1 Å². The van der Waals surface area contributed by atoms with Crippen LogP contribution in [0.4, 0.5) is 4.39 Å². The molecule has 0 aliphatic carbocycles. The van der Waals surface area contributed by atoms with E-state index in [1.165, 1.54) is 0 Å². The monoisotopic (exact) mass is 185 g/mol. The van der Waals surface area contributed by atoms with Crippen LogP contribution in [0.1, 0.15) is 16.1 Å². The van der Waals surface area contributed by atoms with E-state index >= 15 is 0 Å². The fraction of sp³-hybridized carbons (Fsp3) is 0.500. The Labute approximate surface area is 75.7 Å². The second-order valence-electron chi connectivity index (χ2n) is 2.75. The van der Waals surface area contributed by atoms with Crippen LogP contribution in [-0.4, -0.2) is 28.9 Å².